The summed E-state index contributed by atoms with van der Waals surface area (Å²) in [6.45, 7) is 2.79. The SMILES string of the molecule is Cc1cccc(Cn2nnc(-c3cccc(OCc4ccc5ccccc5n4)c3)n2)c1-c1nn[nH]n1. The molecule has 3 aromatic carbocycles. The fraction of sp³-hybridized carbons (Fsp3) is 0.115. The molecule has 0 bridgehead atoms. The zero-order valence-corrected chi connectivity index (χ0v) is 19.4. The molecule has 0 aliphatic carbocycles. The van der Waals surface area contributed by atoms with E-state index in [4.69, 9.17) is 4.74 Å². The van der Waals surface area contributed by atoms with Crippen LogP contribution in [0.4, 0.5) is 0 Å². The molecule has 0 radical (unpaired) electrons. The molecule has 0 amide bonds. The summed E-state index contributed by atoms with van der Waals surface area (Å²) in [4.78, 5) is 6.22. The van der Waals surface area contributed by atoms with Crippen molar-refractivity contribution in [2.45, 2.75) is 20.1 Å². The first-order valence-electron chi connectivity index (χ1n) is 11.4. The highest BCUT2D eigenvalue weighted by molar-refractivity contribution is 5.78. The number of nitrogens with zero attached hydrogens (tertiary/aromatic N) is 8. The molecular formula is C26H21N9O. The lowest BCUT2D eigenvalue weighted by atomic mass is 10.0. The van der Waals surface area contributed by atoms with Crippen LogP contribution in [0.3, 0.4) is 0 Å². The summed E-state index contributed by atoms with van der Waals surface area (Å²) in [6.07, 6.45) is 0. The molecule has 6 rings (SSSR count). The number of ether oxygens (including phenoxy) is 1. The van der Waals surface area contributed by atoms with Gasteiger partial charge in [-0.15, -0.1) is 20.4 Å². The Hall–Kier alpha value is -4.99. The van der Waals surface area contributed by atoms with Crippen molar-refractivity contribution in [3.63, 3.8) is 0 Å². The van der Waals surface area contributed by atoms with E-state index in [2.05, 4.69) is 47.1 Å². The van der Waals surface area contributed by atoms with E-state index in [0.717, 1.165) is 38.9 Å². The van der Waals surface area contributed by atoms with Crippen LogP contribution < -0.4 is 4.74 Å². The van der Waals surface area contributed by atoms with Crippen molar-refractivity contribution >= 4 is 10.9 Å². The van der Waals surface area contributed by atoms with Crippen LogP contribution in [0, 0.1) is 6.92 Å². The number of nitrogens with one attached hydrogen (secondary N) is 1. The number of rotatable bonds is 7. The molecule has 0 saturated heterocycles. The number of H-pyrrole nitrogens is 1. The molecule has 0 aliphatic rings. The third-order valence-electron chi connectivity index (χ3n) is 5.83. The summed E-state index contributed by atoms with van der Waals surface area (Å²) in [7, 11) is 0. The van der Waals surface area contributed by atoms with E-state index in [1.54, 1.807) is 4.80 Å². The highest BCUT2D eigenvalue weighted by Gasteiger charge is 2.15. The maximum Gasteiger partial charge on any atom is 0.205 e. The third-order valence-corrected chi connectivity index (χ3v) is 5.83. The first kappa shape index (κ1) is 21.5. The second-order valence-corrected chi connectivity index (χ2v) is 8.30. The molecule has 3 heterocycles. The molecule has 0 fully saturated rings. The Kier molecular flexibility index (Phi) is 5.59. The van der Waals surface area contributed by atoms with E-state index in [0.29, 0.717) is 30.5 Å². The number of para-hydroxylation sites is 1. The molecule has 3 aromatic heterocycles. The van der Waals surface area contributed by atoms with E-state index in [-0.39, 0.29) is 0 Å². The molecule has 0 atom stereocenters. The van der Waals surface area contributed by atoms with E-state index in [1.165, 1.54) is 0 Å². The Morgan fingerprint density at radius 1 is 0.889 bits per heavy atom. The highest BCUT2D eigenvalue weighted by atomic mass is 16.5. The molecular weight excluding hydrogens is 454 g/mol. The lowest BCUT2D eigenvalue weighted by molar-refractivity contribution is 0.302. The van der Waals surface area contributed by atoms with Crippen LogP contribution in [-0.2, 0) is 13.2 Å². The number of pyridine rings is 1. The molecule has 0 unspecified atom stereocenters. The average molecular weight is 476 g/mol. The van der Waals surface area contributed by atoms with Gasteiger partial charge < -0.3 is 4.74 Å². The van der Waals surface area contributed by atoms with Gasteiger partial charge in [0.15, 0.2) is 0 Å². The Labute approximate surface area is 206 Å². The van der Waals surface area contributed by atoms with Gasteiger partial charge in [0.2, 0.25) is 11.6 Å². The van der Waals surface area contributed by atoms with Crippen LogP contribution >= 0.6 is 0 Å². The lowest BCUT2D eigenvalue weighted by Crippen LogP contribution is -2.06. The van der Waals surface area contributed by atoms with E-state index in [9.17, 15) is 0 Å². The monoisotopic (exact) mass is 475 g/mol. The number of fused-ring (bicyclic) bond motifs is 1. The molecule has 1 N–H and O–H groups in total. The van der Waals surface area contributed by atoms with Crippen LogP contribution in [0.1, 0.15) is 16.8 Å². The fourth-order valence-corrected chi connectivity index (χ4v) is 4.10. The fourth-order valence-electron chi connectivity index (χ4n) is 4.10. The van der Waals surface area contributed by atoms with Gasteiger partial charge in [0.1, 0.15) is 12.4 Å². The van der Waals surface area contributed by atoms with Gasteiger partial charge in [-0.1, -0.05) is 54.6 Å². The summed E-state index contributed by atoms with van der Waals surface area (Å²) < 4.78 is 6.01. The van der Waals surface area contributed by atoms with Crippen LogP contribution in [-0.4, -0.2) is 45.8 Å². The summed E-state index contributed by atoms with van der Waals surface area (Å²) >= 11 is 0. The molecule has 0 spiro atoms. The lowest BCUT2D eigenvalue weighted by Gasteiger charge is -2.08. The molecule has 36 heavy (non-hydrogen) atoms. The maximum absolute atomic E-state index is 6.01. The Balaban J connectivity index is 1.19. The van der Waals surface area contributed by atoms with Crippen molar-refractivity contribution in [1.82, 2.24) is 45.8 Å². The Bertz CT molecular complexity index is 1640. The van der Waals surface area contributed by atoms with E-state index in [1.807, 2.05) is 79.7 Å². The van der Waals surface area contributed by atoms with Gasteiger partial charge in [-0.25, -0.2) is 4.98 Å². The van der Waals surface area contributed by atoms with Crippen molar-refractivity contribution in [3.05, 3.63) is 95.7 Å². The smallest absolute Gasteiger partial charge is 0.205 e. The van der Waals surface area contributed by atoms with Gasteiger partial charge in [0.25, 0.3) is 0 Å². The predicted octanol–water partition coefficient (Wildman–Crippen LogP) is 4.00. The van der Waals surface area contributed by atoms with Crippen molar-refractivity contribution < 1.29 is 4.74 Å². The molecule has 6 aromatic rings. The van der Waals surface area contributed by atoms with Gasteiger partial charge in [0, 0.05) is 16.5 Å². The maximum atomic E-state index is 6.01. The van der Waals surface area contributed by atoms with Gasteiger partial charge in [0.05, 0.1) is 17.8 Å². The minimum atomic E-state index is 0.362. The molecule has 10 nitrogen and oxygen atoms in total. The summed E-state index contributed by atoms with van der Waals surface area (Å²) in [6, 6.07) is 25.7. The van der Waals surface area contributed by atoms with Crippen LogP contribution in [0.15, 0.2) is 78.9 Å². The zero-order valence-electron chi connectivity index (χ0n) is 19.4. The summed E-state index contributed by atoms with van der Waals surface area (Å²) in [5, 5.41) is 28.7. The zero-order chi connectivity index (χ0) is 24.3. The number of aromatic nitrogens is 9. The molecule has 10 heteroatoms. The van der Waals surface area contributed by atoms with Gasteiger partial charge in [-0.3, -0.25) is 0 Å². The number of tetrazole rings is 2. The van der Waals surface area contributed by atoms with Crippen molar-refractivity contribution in [2.24, 2.45) is 0 Å². The average Bonchev–Trinajstić information content (AvgIpc) is 3.61. The number of hydrogen-bond acceptors (Lipinski definition) is 8. The second-order valence-electron chi connectivity index (χ2n) is 8.30. The Morgan fingerprint density at radius 3 is 2.72 bits per heavy atom. The number of benzene rings is 3. The van der Waals surface area contributed by atoms with Crippen LogP contribution in [0.5, 0.6) is 5.75 Å². The van der Waals surface area contributed by atoms with Crippen molar-refractivity contribution in [3.8, 4) is 28.5 Å². The van der Waals surface area contributed by atoms with Crippen molar-refractivity contribution in [1.29, 1.82) is 0 Å². The number of hydrogen-bond donors (Lipinski definition) is 1. The molecule has 176 valence electrons. The minimum Gasteiger partial charge on any atom is -0.487 e. The quantitative estimate of drug-likeness (QED) is 0.368. The largest absolute Gasteiger partial charge is 0.487 e. The first-order chi connectivity index (χ1) is 17.7. The topological polar surface area (TPSA) is 120 Å². The molecule has 0 saturated carbocycles. The van der Waals surface area contributed by atoms with Crippen molar-refractivity contribution in [2.75, 3.05) is 0 Å². The normalized spacial score (nSPS) is 11.1. The van der Waals surface area contributed by atoms with Gasteiger partial charge in [-0.05, 0) is 52.7 Å². The summed E-state index contributed by atoms with van der Waals surface area (Å²) in [5.41, 5.74) is 5.54. The third kappa shape index (κ3) is 4.39. The summed E-state index contributed by atoms with van der Waals surface area (Å²) in [5.74, 6) is 1.75. The molecule has 0 aliphatic heterocycles. The highest BCUT2D eigenvalue weighted by Crippen LogP contribution is 2.25. The first-order valence-corrected chi connectivity index (χ1v) is 11.4. The van der Waals surface area contributed by atoms with Gasteiger partial charge in [-0.2, -0.15) is 10.0 Å². The standard InChI is InChI=1S/C26H21N9O/c1-17-6-4-9-20(24(17)26-28-32-33-29-26)15-35-31-25(30-34-35)19-8-5-10-22(14-19)36-16-21-13-12-18-7-2-3-11-23(18)27-21/h2-14H,15-16H2,1H3,(H,28,29,32,33). The van der Waals surface area contributed by atoms with Crippen LogP contribution in [0.25, 0.3) is 33.7 Å². The van der Waals surface area contributed by atoms with Crippen LogP contribution in [0.2, 0.25) is 0 Å². The predicted molar refractivity (Wildman–Crippen MR) is 133 cm³/mol. The second kappa shape index (κ2) is 9.34. The van der Waals surface area contributed by atoms with E-state index >= 15 is 0 Å². The van der Waals surface area contributed by atoms with Gasteiger partial charge >= 0.3 is 0 Å². The minimum absolute atomic E-state index is 0.362. The van der Waals surface area contributed by atoms with E-state index < -0.39 is 0 Å². The number of aromatic amines is 1. The number of aryl methyl sites for hydroxylation is 1. The Morgan fingerprint density at radius 2 is 1.81 bits per heavy atom.